The number of aromatic amines is 1. The van der Waals surface area contributed by atoms with Crippen LogP contribution in [0.1, 0.15) is 51.3 Å². The largest absolute Gasteiger partial charge is 0.490 e. The third-order valence-electron chi connectivity index (χ3n) is 7.04. The van der Waals surface area contributed by atoms with Gasteiger partial charge in [-0.15, -0.1) is 0 Å². The van der Waals surface area contributed by atoms with Gasteiger partial charge in [-0.3, -0.25) is 14.4 Å². The van der Waals surface area contributed by atoms with Crippen molar-refractivity contribution in [3.63, 3.8) is 0 Å². The van der Waals surface area contributed by atoms with Crippen LogP contribution in [0.25, 0.3) is 0 Å². The number of benzene rings is 2. The first-order valence-corrected chi connectivity index (χ1v) is 13.1. The first-order valence-electron chi connectivity index (χ1n) is 13.1. The summed E-state index contributed by atoms with van der Waals surface area (Å²) in [4.78, 5) is 49.2. The number of nitrogens with zero attached hydrogens (tertiary/aromatic N) is 3. The van der Waals surface area contributed by atoms with Crippen molar-refractivity contribution >= 4 is 17.8 Å². The second kappa shape index (κ2) is 13.7. The molecule has 44 heavy (non-hydrogen) atoms. The van der Waals surface area contributed by atoms with Crippen LogP contribution in [0, 0.1) is 19.7 Å². The first kappa shape index (κ1) is 33.8. The van der Waals surface area contributed by atoms with Crippen LogP contribution >= 0.6 is 0 Å². The Hall–Kier alpha value is -4.69. The summed E-state index contributed by atoms with van der Waals surface area (Å²) < 4.78 is 74.5. The van der Waals surface area contributed by atoms with Crippen molar-refractivity contribution < 1.29 is 45.8 Å². The zero-order valence-corrected chi connectivity index (χ0v) is 23.7. The predicted molar refractivity (Wildman–Crippen MR) is 145 cm³/mol. The van der Waals surface area contributed by atoms with E-state index in [0.717, 1.165) is 4.90 Å². The topological polar surface area (TPSA) is 124 Å². The van der Waals surface area contributed by atoms with Crippen LogP contribution < -0.4 is 5.56 Å². The number of carbonyl (C=O) groups is 3. The van der Waals surface area contributed by atoms with Gasteiger partial charge in [0.05, 0.1) is 11.3 Å². The highest BCUT2D eigenvalue weighted by Gasteiger charge is 2.41. The molecule has 0 radical (unpaired) electrons. The van der Waals surface area contributed by atoms with Crippen molar-refractivity contribution in [2.24, 2.45) is 0 Å². The van der Waals surface area contributed by atoms with E-state index in [1.54, 1.807) is 39.0 Å². The third kappa shape index (κ3) is 7.82. The minimum Gasteiger partial charge on any atom is -0.475 e. The number of piperazine rings is 1. The summed E-state index contributed by atoms with van der Waals surface area (Å²) in [5.41, 5.74) is 2.17. The predicted octanol–water partition coefficient (Wildman–Crippen LogP) is 4.43. The number of carboxylic acid groups (broad SMARTS) is 1. The number of hydrogen-bond donors (Lipinski definition) is 2. The SMILES string of the molecule is Cc1c(Cc2ccc(F)c(C(=O)N3CC(=O)N(C(c4ccccc4)C(F)F)C(C)C3)c2)n[nH]c(=O)c1C.O=C(O)C(F)(F)F. The van der Waals surface area contributed by atoms with Crippen LogP contribution in [0.3, 0.4) is 0 Å². The number of carboxylic acids is 1. The van der Waals surface area contributed by atoms with Crippen LogP contribution in [0.2, 0.25) is 0 Å². The van der Waals surface area contributed by atoms with Gasteiger partial charge in [-0.05, 0) is 49.6 Å². The van der Waals surface area contributed by atoms with E-state index in [4.69, 9.17) is 9.90 Å². The number of amides is 2. The number of alkyl halides is 5. The van der Waals surface area contributed by atoms with Crippen molar-refractivity contribution in [3.8, 4) is 0 Å². The number of carbonyl (C=O) groups excluding carboxylic acids is 2. The average Bonchev–Trinajstić information content (AvgIpc) is 2.95. The standard InChI is InChI=1S/C27H27F3N4O3.C2HF3O2/c1-15-13-33(14-23(35)34(15)24(25(29)30)19-7-5-4-6-8-19)27(37)20-11-18(9-10-21(20)28)12-22-16(2)17(3)26(36)32-31-22;3-2(4,5)1(6)7/h4-11,15,24-25H,12-14H2,1-3H3,(H,32,36);(H,6,7). The molecule has 4 rings (SSSR count). The van der Waals surface area contributed by atoms with E-state index >= 15 is 0 Å². The summed E-state index contributed by atoms with van der Waals surface area (Å²) in [7, 11) is 0. The number of hydrogen-bond acceptors (Lipinski definition) is 5. The normalized spacial score (nSPS) is 16.0. The molecule has 2 N–H and O–H groups in total. The molecule has 0 bridgehead atoms. The molecule has 2 unspecified atom stereocenters. The molecule has 2 atom stereocenters. The molecule has 1 aliphatic heterocycles. The van der Waals surface area contributed by atoms with Crippen molar-refractivity contribution in [2.75, 3.05) is 13.1 Å². The maximum Gasteiger partial charge on any atom is 0.490 e. The molecule has 2 aromatic carbocycles. The van der Waals surface area contributed by atoms with Crippen molar-refractivity contribution in [1.82, 2.24) is 20.0 Å². The van der Waals surface area contributed by atoms with Gasteiger partial charge < -0.3 is 14.9 Å². The van der Waals surface area contributed by atoms with Crippen LogP contribution in [0.5, 0.6) is 0 Å². The second-order valence-corrected chi connectivity index (χ2v) is 10.1. The molecule has 2 amide bonds. The van der Waals surface area contributed by atoms with Gasteiger partial charge >= 0.3 is 12.1 Å². The maximum atomic E-state index is 14.7. The highest BCUT2D eigenvalue weighted by molar-refractivity contribution is 5.97. The molecule has 1 fully saturated rings. The molecule has 1 aliphatic rings. The average molecular weight is 627 g/mol. The molecule has 2 heterocycles. The highest BCUT2D eigenvalue weighted by atomic mass is 19.4. The van der Waals surface area contributed by atoms with Gasteiger partial charge in [0, 0.05) is 24.6 Å². The number of aromatic nitrogens is 2. The van der Waals surface area contributed by atoms with Gasteiger partial charge in [-0.25, -0.2) is 23.1 Å². The van der Waals surface area contributed by atoms with Gasteiger partial charge in [0.1, 0.15) is 18.4 Å². The summed E-state index contributed by atoms with van der Waals surface area (Å²) in [5.74, 6) is -4.85. The fourth-order valence-electron chi connectivity index (χ4n) is 4.68. The van der Waals surface area contributed by atoms with Crippen molar-refractivity contribution in [3.05, 3.63) is 98.2 Å². The third-order valence-corrected chi connectivity index (χ3v) is 7.04. The maximum absolute atomic E-state index is 14.7. The van der Waals surface area contributed by atoms with E-state index in [2.05, 4.69) is 10.2 Å². The summed E-state index contributed by atoms with van der Waals surface area (Å²) in [5, 5.41) is 13.6. The second-order valence-electron chi connectivity index (χ2n) is 10.1. The fourth-order valence-corrected chi connectivity index (χ4v) is 4.68. The number of rotatable bonds is 6. The van der Waals surface area contributed by atoms with E-state index < -0.39 is 54.8 Å². The summed E-state index contributed by atoms with van der Waals surface area (Å²) >= 11 is 0. The Labute approximate surface area is 247 Å². The van der Waals surface area contributed by atoms with Gasteiger partial charge in [0.15, 0.2) is 0 Å². The van der Waals surface area contributed by atoms with Crippen molar-refractivity contribution in [1.29, 1.82) is 0 Å². The molecule has 15 heteroatoms. The monoisotopic (exact) mass is 626 g/mol. The Morgan fingerprint density at radius 2 is 1.68 bits per heavy atom. The molecule has 3 aromatic rings. The zero-order chi connectivity index (χ0) is 32.9. The molecular formula is C29H28F6N4O5. The Kier molecular flexibility index (Phi) is 10.6. The molecule has 1 saturated heterocycles. The van der Waals surface area contributed by atoms with Crippen LogP contribution in [-0.2, 0) is 16.0 Å². The number of aliphatic carboxylic acids is 1. The van der Waals surface area contributed by atoms with E-state index in [9.17, 15) is 40.7 Å². The van der Waals surface area contributed by atoms with E-state index in [1.165, 1.54) is 35.2 Å². The van der Waals surface area contributed by atoms with Crippen LogP contribution in [-0.4, -0.2) is 74.6 Å². The minimum absolute atomic E-state index is 0.0237. The van der Waals surface area contributed by atoms with E-state index in [1.807, 2.05) is 0 Å². The summed E-state index contributed by atoms with van der Waals surface area (Å²) in [6, 6.07) is 9.95. The van der Waals surface area contributed by atoms with Gasteiger partial charge in [-0.2, -0.15) is 18.3 Å². The van der Waals surface area contributed by atoms with E-state index in [-0.39, 0.29) is 24.1 Å². The molecule has 1 aromatic heterocycles. The Morgan fingerprint density at radius 1 is 1.07 bits per heavy atom. The molecule has 9 nitrogen and oxygen atoms in total. The first-order chi connectivity index (χ1) is 20.5. The molecule has 236 valence electrons. The fraction of sp³-hybridized carbons (Fsp3) is 0.345. The smallest absolute Gasteiger partial charge is 0.475 e. The highest BCUT2D eigenvalue weighted by Crippen LogP contribution is 2.32. The van der Waals surface area contributed by atoms with Crippen molar-refractivity contribution in [2.45, 2.75) is 51.9 Å². The number of H-pyrrole nitrogens is 1. The van der Waals surface area contributed by atoms with Crippen LogP contribution in [0.4, 0.5) is 26.3 Å². The van der Waals surface area contributed by atoms with E-state index in [0.29, 0.717) is 27.9 Å². The molecular weight excluding hydrogens is 598 g/mol. The lowest BCUT2D eigenvalue weighted by Gasteiger charge is -2.43. The molecule has 0 aliphatic carbocycles. The quantitative estimate of drug-likeness (QED) is 0.391. The summed E-state index contributed by atoms with van der Waals surface area (Å²) in [6.07, 6.45) is -7.65. The Morgan fingerprint density at radius 3 is 2.23 bits per heavy atom. The van der Waals surface area contributed by atoms with Gasteiger partial charge in [-0.1, -0.05) is 36.4 Å². The molecule has 0 spiro atoms. The molecule has 0 saturated carbocycles. The van der Waals surface area contributed by atoms with Crippen LogP contribution in [0.15, 0.2) is 53.3 Å². The summed E-state index contributed by atoms with van der Waals surface area (Å²) in [6.45, 7) is 4.56. The number of nitrogens with one attached hydrogen (secondary N) is 1. The zero-order valence-electron chi connectivity index (χ0n) is 23.7. The van der Waals surface area contributed by atoms with Gasteiger partial charge in [0.25, 0.3) is 17.9 Å². The number of halogens is 6. The Bertz CT molecular complexity index is 1580. The lowest BCUT2D eigenvalue weighted by Crippen LogP contribution is -2.58. The van der Waals surface area contributed by atoms with Gasteiger partial charge in [0.2, 0.25) is 5.91 Å². The lowest BCUT2D eigenvalue weighted by molar-refractivity contribution is -0.192. The Balaban J connectivity index is 0.000000676. The minimum atomic E-state index is -5.08. The lowest BCUT2D eigenvalue weighted by atomic mass is 10.00.